The summed E-state index contributed by atoms with van der Waals surface area (Å²) in [6, 6.07) is 7.74. The lowest BCUT2D eigenvalue weighted by atomic mass is 10.1. The van der Waals surface area contributed by atoms with E-state index < -0.39 is 6.61 Å². The third kappa shape index (κ3) is 4.54. The zero-order valence-electron chi connectivity index (χ0n) is 11.4. The lowest BCUT2D eigenvalue weighted by Gasteiger charge is -2.07. The number of nitrogens with one attached hydrogen (secondary N) is 1. The highest BCUT2D eigenvalue weighted by atomic mass is 35.5. The fourth-order valence-electron chi connectivity index (χ4n) is 1.60. The fraction of sp³-hybridized carbons (Fsp3) is 0.143. The van der Waals surface area contributed by atoms with Crippen LogP contribution in [0.25, 0.3) is 0 Å². The first kappa shape index (κ1) is 16.5. The molecule has 0 unspecified atom stereocenters. The van der Waals surface area contributed by atoms with Crippen LogP contribution < -0.4 is 10.2 Å². The zero-order chi connectivity index (χ0) is 16.1. The minimum absolute atomic E-state index is 0.0599. The van der Waals surface area contributed by atoms with Crippen LogP contribution in [0.15, 0.2) is 41.6 Å². The predicted molar refractivity (Wildman–Crippen MR) is 83.2 cm³/mol. The summed E-state index contributed by atoms with van der Waals surface area (Å²) in [5.41, 5.74) is 3.87. The third-order valence-electron chi connectivity index (χ3n) is 2.61. The number of halogens is 4. The monoisotopic (exact) mass is 345 g/mol. The molecular weight excluding hydrogens is 335 g/mol. The minimum atomic E-state index is -2.87. The smallest absolute Gasteiger partial charge is 0.387 e. The van der Waals surface area contributed by atoms with Crippen molar-refractivity contribution in [1.29, 1.82) is 0 Å². The summed E-state index contributed by atoms with van der Waals surface area (Å²) in [4.78, 5) is 3.99. The van der Waals surface area contributed by atoms with Gasteiger partial charge in [-0.25, -0.2) is 4.98 Å². The van der Waals surface area contributed by atoms with Gasteiger partial charge in [-0.3, -0.25) is 5.43 Å². The van der Waals surface area contributed by atoms with E-state index in [0.29, 0.717) is 27.1 Å². The number of hydrogen-bond donors (Lipinski definition) is 1. The van der Waals surface area contributed by atoms with E-state index in [4.69, 9.17) is 23.2 Å². The maximum Gasteiger partial charge on any atom is 0.387 e. The van der Waals surface area contributed by atoms with Crippen LogP contribution in [0, 0.1) is 0 Å². The van der Waals surface area contributed by atoms with Crippen LogP contribution in [-0.4, -0.2) is 17.3 Å². The molecule has 0 amide bonds. The summed E-state index contributed by atoms with van der Waals surface area (Å²) in [5, 5.41) is 4.84. The molecule has 1 heterocycles. The summed E-state index contributed by atoms with van der Waals surface area (Å²) >= 11 is 11.7. The predicted octanol–water partition coefficient (Wildman–Crippen LogP) is 4.83. The Hall–Kier alpha value is -1.92. The quantitative estimate of drug-likeness (QED) is 0.623. The van der Waals surface area contributed by atoms with Crippen molar-refractivity contribution in [2.45, 2.75) is 13.5 Å². The number of hydrazone groups is 1. The van der Waals surface area contributed by atoms with Gasteiger partial charge in [-0.1, -0.05) is 35.3 Å². The second-order valence-electron chi connectivity index (χ2n) is 4.20. The molecule has 2 rings (SSSR count). The van der Waals surface area contributed by atoms with E-state index in [-0.39, 0.29) is 5.75 Å². The molecule has 0 spiro atoms. The molecule has 0 saturated carbocycles. The molecule has 22 heavy (non-hydrogen) atoms. The van der Waals surface area contributed by atoms with Crippen LogP contribution >= 0.6 is 23.2 Å². The van der Waals surface area contributed by atoms with Gasteiger partial charge in [0.2, 0.25) is 0 Å². The Balaban J connectivity index is 2.15. The first-order valence-electron chi connectivity index (χ1n) is 6.12. The van der Waals surface area contributed by atoms with Crippen LogP contribution in [0.4, 0.5) is 14.6 Å². The van der Waals surface area contributed by atoms with Crippen molar-refractivity contribution in [2.75, 3.05) is 5.43 Å². The van der Waals surface area contributed by atoms with E-state index in [9.17, 15) is 8.78 Å². The largest absolute Gasteiger partial charge is 0.435 e. The van der Waals surface area contributed by atoms with E-state index in [1.807, 2.05) is 0 Å². The fourth-order valence-corrected chi connectivity index (χ4v) is 2.02. The molecule has 8 heteroatoms. The molecule has 1 aromatic heterocycles. The van der Waals surface area contributed by atoms with Crippen LogP contribution in [0.5, 0.6) is 5.75 Å². The van der Waals surface area contributed by atoms with E-state index in [2.05, 4.69) is 20.2 Å². The van der Waals surface area contributed by atoms with E-state index in [1.54, 1.807) is 19.1 Å². The zero-order valence-corrected chi connectivity index (χ0v) is 12.9. The molecule has 0 radical (unpaired) electrons. The number of aromatic nitrogens is 1. The van der Waals surface area contributed by atoms with Gasteiger partial charge in [0.05, 0.1) is 15.8 Å². The second kappa shape index (κ2) is 7.38. The molecule has 2 aromatic rings. The molecule has 1 aromatic carbocycles. The van der Waals surface area contributed by atoms with E-state index in [1.165, 1.54) is 24.4 Å². The molecule has 0 bridgehead atoms. The van der Waals surface area contributed by atoms with Crippen molar-refractivity contribution >= 4 is 34.7 Å². The average Bonchev–Trinajstić information content (AvgIpc) is 2.45. The van der Waals surface area contributed by atoms with Gasteiger partial charge in [0.15, 0.2) is 5.82 Å². The average molecular weight is 346 g/mol. The number of nitrogens with zero attached hydrogens (tertiary/aromatic N) is 2. The highest BCUT2D eigenvalue weighted by Crippen LogP contribution is 2.23. The third-order valence-corrected chi connectivity index (χ3v) is 3.11. The Kier molecular flexibility index (Phi) is 5.51. The van der Waals surface area contributed by atoms with Crippen molar-refractivity contribution in [3.8, 4) is 5.75 Å². The highest BCUT2D eigenvalue weighted by molar-refractivity contribution is 6.35. The Bertz CT molecular complexity index is 696. The SMILES string of the molecule is C/C(=N\Nc1ncc(Cl)cc1Cl)c1cccc(OC(F)F)c1. The Morgan fingerprint density at radius 1 is 1.32 bits per heavy atom. The summed E-state index contributed by atoms with van der Waals surface area (Å²) in [5.74, 6) is 0.398. The molecule has 116 valence electrons. The topological polar surface area (TPSA) is 46.5 Å². The molecule has 0 aliphatic heterocycles. The van der Waals surface area contributed by atoms with Gasteiger partial charge in [0, 0.05) is 11.8 Å². The lowest BCUT2D eigenvalue weighted by Crippen LogP contribution is -2.04. The summed E-state index contributed by atoms with van der Waals surface area (Å²) in [6.07, 6.45) is 1.43. The molecule has 0 fully saturated rings. The number of alkyl halides is 2. The lowest BCUT2D eigenvalue weighted by molar-refractivity contribution is -0.0498. The van der Waals surface area contributed by atoms with Gasteiger partial charge in [-0.2, -0.15) is 13.9 Å². The van der Waals surface area contributed by atoms with Crippen LogP contribution in [-0.2, 0) is 0 Å². The number of anilines is 1. The molecule has 0 aliphatic rings. The van der Waals surface area contributed by atoms with Crippen LogP contribution in [0.1, 0.15) is 12.5 Å². The summed E-state index contributed by atoms with van der Waals surface area (Å²) in [6.45, 7) is -1.17. The van der Waals surface area contributed by atoms with Crippen LogP contribution in [0.2, 0.25) is 10.0 Å². The van der Waals surface area contributed by atoms with Gasteiger partial charge >= 0.3 is 6.61 Å². The van der Waals surface area contributed by atoms with Crippen molar-refractivity contribution in [1.82, 2.24) is 4.98 Å². The minimum Gasteiger partial charge on any atom is -0.435 e. The molecule has 1 N–H and O–H groups in total. The normalized spacial score (nSPS) is 11.6. The van der Waals surface area contributed by atoms with Gasteiger partial charge in [0.1, 0.15) is 5.75 Å². The Labute approximate surface area is 135 Å². The molecule has 0 saturated heterocycles. The van der Waals surface area contributed by atoms with Crippen molar-refractivity contribution in [3.05, 3.63) is 52.1 Å². The van der Waals surface area contributed by atoms with Crippen molar-refractivity contribution < 1.29 is 13.5 Å². The first-order valence-corrected chi connectivity index (χ1v) is 6.88. The molecular formula is C14H11Cl2F2N3O. The number of pyridine rings is 1. The standard InChI is InChI=1S/C14H11Cl2F2N3O/c1-8(9-3-2-4-11(5-9)22-14(17)18)20-21-13-12(16)6-10(15)7-19-13/h2-7,14H,1H3,(H,19,21)/b20-8+. The van der Waals surface area contributed by atoms with Gasteiger partial charge in [0.25, 0.3) is 0 Å². The van der Waals surface area contributed by atoms with Crippen LogP contribution in [0.3, 0.4) is 0 Å². The first-order chi connectivity index (χ1) is 10.5. The van der Waals surface area contributed by atoms with E-state index >= 15 is 0 Å². The second-order valence-corrected chi connectivity index (χ2v) is 5.04. The Morgan fingerprint density at radius 2 is 2.09 bits per heavy atom. The summed E-state index contributed by atoms with van der Waals surface area (Å²) < 4.78 is 28.7. The maximum atomic E-state index is 12.2. The van der Waals surface area contributed by atoms with Crippen molar-refractivity contribution in [3.63, 3.8) is 0 Å². The molecule has 0 atom stereocenters. The highest BCUT2D eigenvalue weighted by Gasteiger charge is 2.06. The molecule has 0 aliphatic carbocycles. The van der Waals surface area contributed by atoms with Crippen molar-refractivity contribution in [2.24, 2.45) is 5.10 Å². The number of benzene rings is 1. The Morgan fingerprint density at radius 3 is 2.77 bits per heavy atom. The number of hydrogen-bond acceptors (Lipinski definition) is 4. The maximum absolute atomic E-state index is 12.2. The number of ether oxygens (including phenoxy) is 1. The molecule has 4 nitrogen and oxygen atoms in total. The van der Waals surface area contributed by atoms with E-state index in [0.717, 1.165) is 0 Å². The van der Waals surface area contributed by atoms with Gasteiger partial charge in [-0.15, -0.1) is 0 Å². The van der Waals surface area contributed by atoms with Gasteiger partial charge in [-0.05, 0) is 25.1 Å². The summed E-state index contributed by atoms with van der Waals surface area (Å²) in [7, 11) is 0. The van der Waals surface area contributed by atoms with Gasteiger partial charge < -0.3 is 4.74 Å². The number of rotatable bonds is 5.